The molecule has 4 fully saturated rings. The fourth-order valence-electron chi connectivity index (χ4n) is 8.74. The lowest BCUT2D eigenvalue weighted by Gasteiger charge is -2.63. The maximum atomic E-state index is 11.5. The molecule has 4 saturated carbocycles. The summed E-state index contributed by atoms with van der Waals surface area (Å²) in [4.78, 5) is 11.1. The third-order valence-corrected chi connectivity index (χ3v) is 10.3. The normalized spacial score (nSPS) is 51.7. The molecule has 0 radical (unpaired) electrons. The van der Waals surface area contributed by atoms with Crippen LogP contribution in [0.25, 0.3) is 0 Å². The minimum Gasteiger partial charge on any atom is -0.481 e. The summed E-state index contributed by atoms with van der Waals surface area (Å²) in [6, 6.07) is 0. The van der Waals surface area contributed by atoms with Gasteiger partial charge in [0.15, 0.2) is 0 Å². The van der Waals surface area contributed by atoms with Crippen molar-refractivity contribution in [2.24, 2.45) is 46.3 Å². The standard InChI is InChI=1S/C24H40O4/c1-14(7-10-21(27)28)16-8-9-17-22-18(13-20(26)24(16,17)3)23(2)11-5-4-6-15(23)12-19(22)25/h14-20,22,25-26H,4-13H2,1-3H3,(H,27,28)/t14-,15+,16+,17-,18+,19-,20+,22-,23-,24-/m1/s1. The summed E-state index contributed by atoms with van der Waals surface area (Å²) in [5.74, 6) is 1.66. The van der Waals surface area contributed by atoms with Crippen LogP contribution in [0.5, 0.6) is 0 Å². The Hall–Kier alpha value is -0.610. The van der Waals surface area contributed by atoms with Crippen LogP contribution in [0.4, 0.5) is 0 Å². The van der Waals surface area contributed by atoms with Crippen LogP contribution in [-0.2, 0) is 4.79 Å². The van der Waals surface area contributed by atoms with Gasteiger partial charge < -0.3 is 15.3 Å². The zero-order valence-corrected chi connectivity index (χ0v) is 17.9. The number of rotatable bonds is 4. The maximum absolute atomic E-state index is 11.5. The largest absolute Gasteiger partial charge is 0.481 e. The van der Waals surface area contributed by atoms with Gasteiger partial charge in [0.25, 0.3) is 0 Å². The van der Waals surface area contributed by atoms with Crippen LogP contribution in [0, 0.1) is 46.3 Å². The van der Waals surface area contributed by atoms with Crippen LogP contribution in [-0.4, -0.2) is 33.5 Å². The molecule has 0 heterocycles. The van der Waals surface area contributed by atoms with Crippen LogP contribution in [0.3, 0.4) is 0 Å². The highest BCUT2D eigenvalue weighted by molar-refractivity contribution is 5.66. The highest BCUT2D eigenvalue weighted by atomic mass is 16.4. The van der Waals surface area contributed by atoms with Gasteiger partial charge in [0.05, 0.1) is 12.2 Å². The Kier molecular flexibility index (Phi) is 5.36. The third-order valence-electron chi connectivity index (χ3n) is 10.3. The van der Waals surface area contributed by atoms with Gasteiger partial charge in [-0.2, -0.15) is 0 Å². The first kappa shape index (κ1) is 20.7. The highest BCUT2D eigenvalue weighted by Crippen LogP contribution is 2.68. The lowest BCUT2D eigenvalue weighted by atomic mass is 9.43. The number of aliphatic carboxylic acids is 1. The molecule has 0 aliphatic heterocycles. The molecule has 3 N–H and O–H groups in total. The van der Waals surface area contributed by atoms with Gasteiger partial charge in [-0.1, -0.05) is 33.6 Å². The summed E-state index contributed by atoms with van der Waals surface area (Å²) in [6.07, 6.45) is 9.32. The van der Waals surface area contributed by atoms with Gasteiger partial charge in [-0.05, 0) is 91.3 Å². The second-order valence-electron chi connectivity index (χ2n) is 11.3. The van der Waals surface area contributed by atoms with Crippen LogP contribution in [0.15, 0.2) is 0 Å². The topological polar surface area (TPSA) is 77.8 Å². The summed E-state index contributed by atoms with van der Waals surface area (Å²) in [5, 5.41) is 31.8. The Bertz CT molecular complexity index is 605. The maximum Gasteiger partial charge on any atom is 0.303 e. The van der Waals surface area contributed by atoms with Gasteiger partial charge in [0, 0.05) is 6.42 Å². The third kappa shape index (κ3) is 2.96. The van der Waals surface area contributed by atoms with E-state index >= 15 is 0 Å². The summed E-state index contributed by atoms with van der Waals surface area (Å²) in [6.45, 7) is 6.89. The molecule has 0 saturated heterocycles. The summed E-state index contributed by atoms with van der Waals surface area (Å²) >= 11 is 0. The second kappa shape index (κ2) is 7.27. The van der Waals surface area contributed by atoms with Crippen molar-refractivity contribution in [3.05, 3.63) is 0 Å². The molecular formula is C24H40O4. The molecule has 0 amide bonds. The van der Waals surface area contributed by atoms with Crippen LogP contribution >= 0.6 is 0 Å². The molecule has 4 heteroatoms. The molecule has 0 spiro atoms. The zero-order chi connectivity index (χ0) is 20.3. The molecule has 160 valence electrons. The van der Waals surface area contributed by atoms with Gasteiger partial charge in [-0.25, -0.2) is 0 Å². The van der Waals surface area contributed by atoms with E-state index in [9.17, 15) is 15.0 Å². The Balaban J connectivity index is 1.61. The van der Waals surface area contributed by atoms with Crippen molar-refractivity contribution < 1.29 is 20.1 Å². The Morgan fingerprint density at radius 2 is 1.82 bits per heavy atom. The molecule has 4 aliphatic rings. The van der Waals surface area contributed by atoms with Gasteiger partial charge in [-0.3, -0.25) is 4.79 Å². The van der Waals surface area contributed by atoms with Crippen LogP contribution in [0.2, 0.25) is 0 Å². The van der Waals surface area contributed by atoms with Crippen LogP contribution < -0.4 is 0 Å². The van der Waals surface area contributed by atoms with E-state index in [0.717, 1.165) is 25.7 Å². The number of aliphatic hydroxyl groups excluding tert-OH is 2. The van der Waals surface area contributed by atoms with Gasteiger partial charge in [-0.15, -0.1) is 0 Å². The second-order valence-corrected chi connectivity index (χ2v) is 11.3. The predicted octanol–water partition coefficient (Wildman–Crippen LogP) is 4.48. The average Bonchev–Trinajstić information content (AvgIpc) is 3.00. The first-order valence-electron chi connectivity index (χ1n) is 11.8. The molecule has 28 heavy (non-hydrogen) atoms. The molecule has 0 bridgehead atoms. The van der Waals surface area contributed by atoms with Gasteiger partial charge >= 0.3 is 5.97 Å². The monoisotopic (exact) mass is 392 g/mol. The number of hydrogen-bond donors (Lipinski definition) is 3. The first-order chi connectivity index (χ1) is 13.2. The van der Waals surface area contributed by atoms with E-state index in [1.165, 1.54) is 25.7 Å². The number of carboxylic acids is 1. The summed E-state index contributed by atoms with van der Waals surface area (Å²) in [7, 11) is 0. The van der Waals surface area contributed by atoms with Crippen molar-refractivity contribution >= 4 is 5.97 Å². The van der Waals surface area contributed by atoms with E-state index in [1.54, 1.807) is 0 Å². The molecule has 4 nitrogen and oxygen atoms in total. The Morgan fingerprint density at radius 3 is 2.54 bits per heavy atom. The Labute approximate surface area is 170 Å². The van der Waals surface area contributed by atoms with Crippen molar-refractivity contribution in [1.82, 2.24) is 0 Å². The van der Waals surface area contributed by atoms with Crippen LogP contribution in [0.1, 0.15) is 85.0 Å². The minimum absolute atomic E-state index is 0.183. The number of hydrogen-bond acceptors (Lipinski definition) is 3. The smallest absolute Gasteiger partial charge is 0.303 e. The molecule has 0 aromatic heterocycles. The van der Waals surface area contributed by atoms with Gasteiger partial charge in [0.2, 0.25) is 0 Å². The van der Waals surface area contributed by atoms with Crippen molar-refractivity contribution in [1.29, 1.82) is 0 Å². The molecule has 0 aromatic rings. The van der Waals surface area contributed by atoms with E-state index in [-0.39, 0.29) is 29.5 Å². The predicted molar refractivity (Wildman–Crippen MR) is 109 cm³/mol. The molecule has 4 aliphatic carbocycles. The number of fused-ring (bicyclic) bond motifs is 5. The molecular weight excluding hydrogens is 352 g/mol. The number of carboxylic acid groups (broad SMARTS) is 1. The number of aliphatic hydroxyl groups is 2. The lowest BCUT2D eigenvalue weighted by molar-refractivity contribution is -0.201. The average molecular weight is 393 g/mol. The number of carbonyl (C=O) groups is 1. The van der Waals surface area contributed by atoms with E-state index in [0.29, 0.717) is 41.9 Å². The SMILES string of the molecule is C[C@H](CCC(=O)O)[C@@H]1CC[C@@H]2[C@H]3[C@H](O)C[C@@H]4CCCC[C@@]4(C)[C@H]3C[C@H](O)[C@@]21C. The molecule has 4 rings (SSSR count). The van der Waals surface area contributed by atoms with Crippen molar-refractivity contribution in [2.45, 2.75) is 97.2 Å². The van der Waals surface area contributed by atoms with E-state index in [4.69, 9.17) is 5.11 Å². The van der Waals surface area contributed by atoms with Crippen molar-refractivity contribution in [2.75, 3.05) is 0 Å². The Morgan fingerprint density at radius 1 is 1.07 bits per heavy atom. The fraction of sp³-hybridized carbons (Fsp3) is 0.958. The zero-order valence-electron chi connectivity index (χ0n) is 17.9. The molecule has 0 aromatic carbocycles. The van der Waals surface area contributed by atoms with Crippen molar-refractivity contribution in [3.63, 3.8) is 0 Å². The van der Waals surface area contributed by atoms with E-state index < -0.39 is 5.97 Å². The van der Waals surface area contributed by atoms with Crippen molar-refractivity contribution in [3.8, 4) is 0 Å². The van der Waals surface area contributed by atoms with E-state index in [1.807, 2.05) is 0 Å². The minimum atomic E-state index is -0.727. The lowest BCUT2D eigenvalue weighted by Crippen LogP contribution is -2.61. The molecule has 0 unspecified atom stereocenters. The fourth-order valence-corrected chi connectivity index (χ4v) is 8.74. The van der Waals surface area contributed by atoms with E-state index in [2.05, 4.69) is 20.8 Å². The quantitative estimate of drug-likeness (QED) is 0.659. The van der Waals surface area contributed by atoms with Gasteiger partial charge in [0.1, 0.15) is 0 Å². The first-order valence-corrected chi connectivity index (χ1v) is 11.8. The highest BCUT2D eigenvalue weighted by Gasteiger charge is 2.65. The molecule has 10 atom stereocenters. The summed E-state index contributed by atoms with van der Waals surface area (Å²) in [5.41, 5.74) is 0.0927. The summed E-state index contributed by atoms with van der Waals surface area (Å²) < 4.78 is 0.